The van der Waals surface area contributed by atoms with Crippen LogP contribution in [-0.2, 0) is 0 Å². The van der Waals surface area contributed by atoms with E-state index in [1.54, 1.807) is 0 Å². The molecule has 0 saturated heterocycles. The van der Waals surface area contributed by atoms with Gasteiger partial charge in [-0.2, -0.15) is 0 Å². The fraction of sp³-hybridized carbons (Fsp3) is 0. The molecular weight excluding hydrogens is 254 g/mol. The van der Waals surface area contributed by atoms with Crippen molar-refractivity contribution in [3.05, 3.63) is 90.0 Å². The molecule has 0 unspecified atom stereocenters. The summed E-state index contributed by atoms with van der Waals surface area (Å²) in [6.45, 7) is 0. The Morgan fingerprint density at radius 2 is 1.29 bits per heavy atom. The molecule has 0 bridgehead atoms. The van der Waals surface area contributed by atoms with E-state index in [0.717, 1.165) is 22.4 Å². The normalized spacial score (nSPS) is 10.9. The highest BCUT2D eigenvalue weighted by Gasteiger charge is 2.04. The van der Waals surface area contributed by atoms with Crippen LogP contribution in [0.25, 0.3) is 23.3 Å². The van der Waals surface area contributed by atoms with Crippen molar-refractivity contribution in [3.63, 3.8) is 0 Å². The van der Waals surface area contributed by atoms with Crippen LogP contribution in [0.5, 0.6) is 0 Å². The molecule has 0 radical (unpaired) electrons. The minimum Gasteiger partial charge on any atom is -0.398 e. The lowest BCUT2D eigenvalue weighted by Crippen LogP contribution is -1.93. The molecule has 0 aliphatic rings. The average molecular weight is 271 g/mol. The Morgan fingerprint density at radius 1 is 0.619 bits per heavy atom. The van der Waals surface area contributed by atoms with Gasteiger partial charge >= 0.3 is 0 Å². The topological polar surface area (TPSA) is 26.0 Å². The highest BCUT2D eigenvalue weighted by Crippen LogP contribution is 2.29. The largest absolute Gasteiger partial charge is 0.398 e. The summed E-state index contributed by atoms with van der Waals surface area (Å²) in [6.07, 6.45) is 4.15. The van der Waals surface area contributed by atoms with E-state index in [-0.39, 0.29) is 0 Å². The molecule has 3 aromatic carbocycles. The standard InChI is InChI=1S/C20H17N/c21-20-18(15-14-16-8-3-1-4-9-16)12-7-13-19(20)17-10-5-2-6-11-17/h1-15H,21H2. The maximum absolute atomic E-state index is 6.33. The molecule has 0 fully saturated rings. The number of benzene rings is 3. The Kier molecular flexibility index (Phi) is 3.83. The Balaban J connectivity index is 1.96. The molecule has 102 valence electrons. The predicted molar refractivity (Wildman–Crippen MR) is 91.7 cm³/mol. The van der Waals surface area contributed by atoms with E-state index in [1.165, 1.54) is 5.56 Å². The van der Waals surface area contributed by atoms with Crippen LogP contribution in [0, 0.1) is 0 Å². The fourth-order valence-electron chi connectivity index (χ4n) is 2.35. The van der Waals surface area contributed by atoms with Crippen LogP contribution in [-0.4, -0.2) is 0 Å². The van der Waals surface area contributed by atoms with Crippen molar-refractivity contribution in [2.45, 2.75) is 0 Å². The van der Waals surface area contributed by atoms with Crippen LogP contribution in [0.3, 0.4) is 0 Å². The molecule has 0 saturated carbocycles. The van der Waals surface area contributed by atoms with Gasteiger partial charge in [0.1, 0.15) is 0 Å². The van der Waals surface area contributed by atoms with E-state index in [9.17, 15) is 0 Å². The average Bonchev–Trinajstić information content (AvgIpc) is 2.56. The van der Waals surface area contributed by atoms with Gasteiger partial charge in [-0.05, 0) is 16.7 Å². The molecule has 3 aromatic rings. The first kappa shape index (κ1) is 13.2. The Morgan fingerprint density at radius 3 is 2.00 bits per heavy atom. The van der Waals surface area contributed by atoms with E-state index in [4.69, 9.17) is 5.73 Å². The SMILES string of the molecule is Nc1c(C=Cc2ccccc2)cccc1-c1ccccc1. The van der Waals surface area contributed by atoms with Gasteiger partial charge in [0, 0.05) is 11.3 Å². The first-order valence-electron chi connectivity index (χ1n) is 7.01. The summed E-state index contributed by atoms with van der Waals surface area (Å²) < 4.78 is 0. The van der Waals surface area contributed by atoms with Gasteiger partial charge in [0.05, 0.1) is 0 Å². The molecule has 0 aliphatic heterocycles. The lowest BCUT2D eigenvalue weighted by Gasteiger charge is -2.08. The third-order valence-corrected chi connectivity index (χ3v) is 3.48. The molecular formula is C20H17N. The molecule has 1 nitrogen and oxygen atoms in total. The number of nitrogens with two attached hydrogens (primary N) is 1. The smallest absolute Gasteiger partial charge is 0.0467 e. The van der Waals surface area contributed by atoms with Crippen molar-refractivity contribution in [2.75, 3.05) is 5.73 Å². The van der Waals surface area contributed by atoms with E-state index in [0.29, 0.717) is 0 Å². The van der Waals surface area contributed by atoms with Crippen LogP contribution in [0.4, 0.5) is 5.69 Å². The zero-order chi connectivity index (χ0) is 14.5. The number of anilines is 1. The summed E-state index contributed by atoms with van der Waals surface area (Å²) in [6, 6.07) is 26.6. The lowest BCUT2D eigenvalue weighted by molar-refractivity contribution is 1.59. The minimum atomic E-state index is 0.816. The maximum Gasteiger partial charge on any atom is 0.0467 e. The van der Waals surface area contributed by atoms with Crippen LogP contribution in [0.15, 0.2) is 78.9 Å². The van der Waals surface area contributed by atoms with Crippen molar-refractivity contribution in [3.8, 4) is 11.1 Å². The molecule has 1 heteroatoms. The van der Waals surface area contributed by atoms with Crippen LogP contribution in [0.1, 0.15) is 11.1 Å². The number of rotatable bonds is 3. The van der Waals surface area contributed by atoms with Gasteiger partial charge in [0.25, 0.3) is 0 Å². The van der Waals surface area contributed by atoms with E-state index in [2.05, 4.69) is 42.5 Å². The Hall–Kier alpha value is -2.80. The second-order valence-corrected chi connectivity index (χ2v) is 4.92. The zero-order valence-corrected chi connectivity index (χ0v) is 11.7. The summed E-state index contributed by atoms with van der Waals surface area (Å²) >= 11 is 0. The summed E-state index contributed by atoms with van der Waals surface area (Å²) in [7, 11) is 0. The molecule has 0 amide bonds. The molecule has 2 N–H and O–H groups in total. The molecule has 0 heterocycles. The highest BCUT2D eigenvalue weighted by atomic mass is 14.6. The fourth-order valence-corrected chi connectivity index (χ4v) is 2.35. The molecule has 3 rings (SSSR count). The number of para-hydroxylation sites is 1. The molecule has 0 aromatic heterocycles. The van der Waals surface area contributed by atoms with Crippen molar-refractivity contribution >= 4 is 17.8 Å². The van der Waals surface area contributed by atoms with Crippen molar-refractivity contribution in [1.29, 1.82) is 0 Å². The van der Waals surface area contributed by atoms with Crippen molar-refractivity contribution in [1.82, 2.24) is 0 Å². The first-order valence-corrected chi connectivity index (χ1v) is 7.01. The number of hydrogen-bond acceptors (Lipinski definition) is 1. The van der Waals surface area contributed by atoms with Crippen molar-refractivity contribution < 1.29 is 0 Å². The van der Waals surface area contributed by atoms with E-state index < -0.39 is 0 Å². The third kappa shape index (κ3) is 3.03. The number of hydrogen-bond donors (Lipinski definition) is 1. The van der Waals surface area contributed by atoms with Crippen LogP contribution < -0.4 is 5.73 Å². The van der Waals surface area contributed by atoms with Crippen LogP contribution in [0.2, 0.25) is 0 Å². The van der Waals surface area contributed by atoms with Crippen LogP contribution >= 0.6 is 0 Å². The summed E-state index contributed by atoms with van der Waals surface area (Å²) in [5.74, 6) is 0. The highest BCUT2D eigenvalue weighted by molar-refractivity contribution is 5.85. The third-order valence-electron chi connectivity index (χ3n) is 3.48. The zero-order valence-electron chi connectivity index (χ0n) is 11.7. The second kappa shape index (κ2) is 6.10. The summed E-state index contributed by atoms with van der Waals surface area (Å²) in [4.78, 5) is 0. The minimum absolute atomic E-state index is 0.816. The quantitative estimate of drug-likeness (QED) is 0.520. The van der Waals surface area contributed by atoms with Gasteiger partial charge < -0.3 is 5.73 Å². The Labute approximate surface area is 125 Å². The maximum atomic E-state index is 6.33. The van der Waals surface area contributed by atoms with Gasteiger partial charge in [-0.3, -0.25) is 0 Å². The van der Waals surface area contributed by atoms with Gasteiger partial charge in [-0.1, -0.05) is 91.0 Å². The summed E-state index contributed by atoms with van der Waals surface area (Å²) in [5, 5.41) is 0. The Bertz CT molecular complexity index is 743. The van der Waals surface area contributed by atoms with Gasteiger partial charge in [0.15, 0.2) is 0 Å². The molecule has 0 spiro atoms. The van der Waals surface area contributed by atoms with Gasteiger partial charge in [-0.25, -0.2) is 0 Å². The molecule has 0 atom stereocenters. The lowest BCUT2D eigenvalue weighted by atomic mass is 10.00. The predicted octanol–water partition coefficient (Wildman–Crippen LogP) is 5.11. The van der Waals surface area contributed by atoms with Gasteiger partial charge in [0.2, 0.25) is 0 Å². The second-order valence-electron chi connectivity index (χ2n) is 4.92. The van der Waals surface area contributed by atoms with E-state index >= 15 is 0 Å². The summed E-state index contributed by atoms with van der Waals surface area (Å²) in [5.41, 5.74) is 11.6. The van der Waals surface area contributed by atoms with E-state index in [1.807, 2.05) is 48.5 Å². The number of nitrogen functional groups attached to an aromatic ring is 1. The van der Waals surface area contributed by atoms with Crippen molar-refractivity contribution in [2.24, 2.45) is 0 Å². The molecule has 21 heavy (non-hydrogen) atoms. The monoisotopic (exact) mass is 271 g/mol. The first-order chi connectivity index (χ1) is 10.3. The van der Waals surface area contributed by atoms with Gasteiger partial charge in [-0.15, -0.1) is 0 Å². The molecule has 0 aliphatic carbocycles.